The topological polar surface area (TPSA) is 0 Å². The fraction of sp³-hybridized carbons (Fsp3) is 0.429. The summed E-state index contributed by atoms with van der Waals surface area (Å²) in [4.78, 5) is 0. The smallest absolute Gasteiger partial charge is 0.00182 e. The molecule has 1 aliphatic carbocycles. The van der Waals surface area contributed by atoms with Crippen molar-refractivity contribution < 1.29 is 0 Å². The second-order valence-corrected chi connectivity index (χ2v) is 3.03. The largest absolute Gasteiger partial charge is 0.0839 e. The molecular weight excluding hydrogens is 164 g/mol. The maximum atomic E-state index is 3.46. The van der Waals surface area contributed by atoms with Gasteiger partial charge in [-0.05, 0) is 16.8 Å². The van der Waals surface area contributed by atoms with Gasteiger partial charge in [-0.3, -0.25) is 0 Å². The quantitative estimate of drug-likeness (QED) is 0.528. The molecule has 0 radical (unpaired) electrons. The number of hydrogen-bond donors (Lipinski definition) is 0. The highest BCUT2D eigenvalue weighted by Gasteiger charge is 2.04. The average molecular weight is 173 g/mol. The van der Waals surface area contributed by atoms with Gasteiger partial charge in [-0.15, -0.1) is 0 Å². The number of allylic oxidation sites excluding steroid dienone is 4. The Balaban J connectivity index is 2.66. The summed E-state index contributed by atoms with van der Waals surface area (Å²) in [5.74, 6) is 0.694. The van der Waals surface area contributed by atoms with Gasteiger partial charge in [0, 0.05) is 0 Å². The van der Waals surface area contributed by atoms with E-state index in [9.17, 15) is 0 Å². The predicted molar refractivity (Wildman–Crippen MR) is 39.9 cm³/mol. The second kappa shape index (κ2) is 2.49. The molecule has 0 amide bonds. The normalized spacial score (nSPS) is 27.8. The molecule has 0 heterocycles. The third kappa shape index (κ3) is 1.22. The zero-order valence-corrected chi connectivity index (χ0v) is 6.48. The van der Waals surface area contributed by atoms with Crippen LogP contribution in [0.2, 0.25) is 0 Å². The first kappa shape index (κ1) is 6.09. The summed E-state index contributed by atoms with van der Waals surface area (Å²) in [5.41, 5.74) is 0. The van der Waals surface area contributed by atoms with Gasteiger partial charge in [0.2, 0.25) is 0 Å². The van der Waals surface area contributed by atoms with Crippen molar-refractivity contribution in [2.75, 3.05) is 0 Å². The molecule has 1 rings (SSSR count). The van der Waals surface area contributed by atoms with E-state index in [0.29, 0.717) is 5.92 Å². The molecule has 1 heteroatoms. The molecule has 0 aliphatic heterocycles. The minimum atomic E-state index is 0.694. The van der Waals surface area contributed by atoms with Crippen LogP contribution < -0.4 is 0 Å². The van der Waals surface area contributed by atoms with Gasteiger partial charge in [0.15, 0.2) is 0 Å². The van der Waals surface area contributed by atoms with Gasteiger partial charge < -0.3 is 0 Å². The van der Waals surface area contributed by atoms with Gasteiger partial charge in [-0.25, -0.2) is 0 Å². The van der Waals surface area contributed by atoms with Crippen molar-refractivity contribution in [3.05, 3.63) is 22.7 Å². The third-order valence-electron chi connectivity index (χ3n) is 1.35. The van der Waals surface area contributed by atoms with Crippen LogP contribution in [0.25, 0.3) is 0 Å². The lowest BCUT2D eigenvalue weighted by Gasteiger charge is -2.09. The molecule has 0 nitrogen and oxygen atoms in total. The molecule has 44 valence electrons. The van der Waals surface area contributed by atoms with E-state index in [1.165, 1.54) is 10.9 Å². The zero-order valence-electron chi connectivity index (χ0n) is 4.89. The molecular formula is C7H9Br. The number of halogens is 1. The SMILES string of the molecule is CC1CC=CC=C1Br. The average Bonchev–Trinajstić information content (AvgIpc) is 1.77. The van der Waals surface area contributed by atoms with Crippen LogP contribution in [0.4, 0.5) is 0 Å². The van der Waals surface area contributed by atoms with Crippen LogP contribution in [0, 0.1) is 5.92 Å². The lowest BCUT2D eigenvalue weighted by Crippen LogP contribution is -1.93. The Morgan fingerprint density at radius 2 is 2.50 bits per heavy atom. The van der Waals surface area contributed by atoms with E-state index in [-0.39, 0.29) is 0 Å². The summed E-state index contributed by atoms with van der Waals surface area (Å²) in [6.07, 6.45) is 7.56. The molecule has 1 unspecified atom stereocenters. The summed E-state index contributed by atoms with van der Waals surface area (Å²) in [6, 6.07) is 0. The van der Waals surface area contributed by atoms with Crippen LogP contribution in [0.15, 0.2) is 22.7 Å². The van der Waals surface area contributed by atoms with E-state index in [1.54, 1.807) is 0 Å². The highest BCUT2D eigenvalue weighted by atomic mass is 79.9. The fourth-order valence-electron chi connectivity index (χ4n) is 0.720. The molecule has 0 spiro atoms. The second-order valence-electron chi connectivity index (χ2n) is 2.12. The van der Waals surface area contributed by atoms with Crippen molar-refractivity contribution in [3.8, 4) is 0 Å². The maximum Gasteiger partial charge on any atom is -0.00182 e. The Kier molecular flexibility index (Phi) is 1.90. The van der Waals surface area contributed by atoms with Crippen LogP contribution in [-0.4, -0.2) is 0 Å². The molecule has 0 saturated heterocycles. The molecule has 0 aromatic heterocycles. The molecule has 8 heavy (non-hydrogen) atoms. The van der Waals surface area contributed by atoms with E-state index >= 15 is 0 Å². The molecule has 0 fully saturated rings. The van der Waals surface area contributed by atoms with Crippen molar-refractivity contribution in [1.29, 1.82) is 0 Å². The van der Waals surface area contributed by atoms with Crippen LogP contribution >= 0.6 is 15.9 Å². The summed E-state index contributed by atoms with van der Waals surface area (Å²) < 4.78 is 1.32. The van der Waals surface area contributed by atoms with Gasteiger partial charge in [0.25, 0.3) is 0 Å². The van der Waals surface area contributed by atoms with Crippen LogP contribution in [0.3, 0.4) is 0 Å². The molecule has 0 aromatic carbocycles. The summed E-state index contributed by atoms with van der Waals surface area (Å²) in [6.45, 7) is 2.21. The lowest BCUT2D eigenvalue weighted by atomic mass is 10.0. The van der Waals surface area contributed by atoms with Gasteiger partial charge in [-0.1, -0.05) is 41.1 Å². The lowest BCUT2D eigenvalue weighted by molar-refractivity contribution is 0.727. The predicted octanol–water partition coefficient (Wildman–Crippen LogP) is 2.86. The van der Waals surface area contributed by atoms with E-state index in [1.807, 2.05) is 0 Å². The molecule has 1 atom stereocenters. The van der Waals surface area contributed by atoms with E-state index < -0.39 is 0 Å². The Morgan fingerprint density at radius 3 is 2.88 bits per heavy atom. The number of hydrogen-bond acceptors (Lipinski definition) is 0. The maximum absolute atomic E-state index is 3.46. The van der Waals surface area contributed by atoms with Gasteiger partial charge in [0.1, 0.15) is 0 Å². The fourth-order valence-corrected chi connectivity index (χ4v) is 1.06. The van der Waals surface area contributed by atoms with Crippen molar-refractivity contribution >= 4 is 15.9 Å². The Bertz CT molecular complexity index is 133. The number of rotatable bonds is 0. The van der Waals surface area contributed by atoms with Crippen molar-refractivity contribution in [2.24, 2.45) is 5.92 Å². The standard InChI is InChI=1S/C7H9Br/c1-6-4-2-3-5-7(6)8/h2-3,5-6H,4H2,1H3. The molecule has 0 saturated carbocycles. The van der Waals surface area contributed by atoms with Crippen LogP contribution in [-0.2, 0) is 0 Å². The van der Waals surface area contributed by atoms with E-state index in [2.05, 4.69) is 41.1 Å². The Hall–Kier alpha value is -0.0400. The third-order valence-corrected chi connectivity index (χ3v) is 2.40. The summed E-state index contributed by atoms with van der Waals surface area (Å²) >= 11 is 3.46. The first-order chi connectivity index (χ1) is 3.80. The minimum absolute atomic E-state index is 0.694. The monoisotopic (exact) mass is 172 g/mol. The molecule has 0 bridgehead atoms. The van der Waals surface area contributed by atoms with E-state index in [0.717, 1.165) is 0 Å². The van der Waals surface area contributed by atoms with Crippen LogP contribution in [0.1, 0.15) is 13.3 Å². The highest BCUT2D eigenvalue weighted by Crippen LogP contribution is 2.23. The van der Waals surface area contributed by atoms with Crippen molar-refractivity contribution in [1.82, 2.24) is 0 Å². The minimum Gasteiger partial charge on any atom is -0.0839 e. The highest BCUT2D eigenvalue weighted by molar-refractivity contribution is 9.11. The van der Waals surface area contributed by atoms with Crippen molar-refractivity contribution in [2.45, 2.75) is 13.3 Å². The first-order valence-corrected chi connectivity index (χ1v) is 3.62. The van der Waals surface area contributed by atoms with E-state index in [4.69, 9.17) is 0 Å². The van der Waals surface area contributed by atoms with Gasteiger partial charge in [0.05, 0.1) is 0 Å². The molecule has 0 aromatic rings. The van der Waals surface area contributed by atoms with Crippen molar-refractivity contribution in [3.63, 3.8) is 0 Å². The first-order valence-electron chi connectivity index (χ1n) is 2.83. The van der Waals surface area contributed by atoms with Gasteiger partial charge >= 0.3 is 0 Å². The van der Waals surface area contributed by atoms with Gasteiger partial charge in [-0.2, -0.15) is 0 Å². The Labute approximate surface area is 58.4 Å². The molecule has 1 aliphatic rings. The van der Waals surface area contributed by atoms with Crippen LogP contribution in [0.5, 0.6) is 0 Å². The Morgan fingerprint density at radius 1 is 1.75 bits per heavy atom. The summed E-state index contributed by atoms with van der Waals surface area (Å²) in [5, 5.41) is 0. The zero-order chi connectivity index (χ0) is 5.98. The molecule has 0 N–H and O–H groups in total. The summed E-state index contributed by atoms with van der Waals surface area (Å²) in [7, 11) is 0.